The average Bonchev–Trinajstić information content (AvgIpc) is 2.38. The molecule has 0 radical (unpaired) electrons. The van der Waals surface area contributed by atoms with E-state index in [9.17, 15) is 0 Å². The molecule has 0 aliphatic carbocycles. The zero-order chi connectivity index (χ0) is 11.2. The van der Waals surface area contributed by atoms with Gasteiger partial charge >= 0.3 is 0 Å². The molecule has 3 heteroatoms. The van der Waals surface area contributed by atoms with Crippen molar-refractivity contribution in [1.82, 2.24) is 4.98 Å². The largest absolute Gasteiger partial charge is 0.259 e. The van der Waals surface area contributed by atoms with Gasteiger partial charge < -0.3 is 0 Å². The van der Waals surface area contributed by atoms with E-state index in [0.717, 1.165) is 5.69 Å². The summed E-state index contributed by atoms with van der Waals surface area (Å²) in [4.78, 5) is 5.69. The van der Waals surface area contributed by atoms with Crippen LogP contribution in [0.25, 0.3) is 0 Å². The second-order valence-electron chi connectivity index (χ2n) is 3.25. The van der Waals surface area contributed by atoms with Gasteiger partial charge in [0.1, 0.15) is 0 Å². The Morgan fingerprint density at radius 3 is 2.38 bits per heavy atom. The summed E-state index contributed by atoms with van der Waals surface area (Å²) < 4.78 is 0.364. The Morgan fingerprint density at radius 1 is 1.00 bits per heavy atom. The standard InChI is InChI=1S/C13H13NS2/c1-15-13(12-9-5-6-10-14-12)16-11-7-3-2-4-8-11/h2-10,13H,1H3. The second-order valence-corrected chi connectivity index (χ2v) is 5.67. The van der Waals surface area contributed by atoms with Gasteiger partial charge in [-0.2, -0.15) is 0 Å². The Kier molecular flexibility index (Phi) is 4.31. The molecule has 0 saturated heterocycles. The van der Waals surface area contributed by atoms with Crippen molar-refractivity contribution in [3.05, 3.63) is 60.4 Å². The maximum atomic E-state index is 4.40. The van der Waals surface area contributed by atoms with E-state index in [0.29, 0.717) is 4.58 Å². The van der Waals surface area contributed by atoms with Crippen LogP contribution in [0.4, 0.5) is 0 Å². The molecule has 0 spiro atoms. The lowest BCUT2D eigenvalue weighted by molar-refractivity contribution is 1.16. The Balaban J connectivity index is 2.13. The average molecular weight is 247 g/mol. The Labute approximate surface area is 105 Å². The Bertz CT molecular complexity index is 416. The van der Waals surface area contributed by atoms with Crippen LogP contribution in [0.3, 0.4) is 0 Å². The maximum Gasteiger partial charge on any atom is 0.0966 e. The second kappa shape index (κ2) is 5.97. The molecule has 1 aromatic heterocycles. The molecule has 16 heavy (non-hydrogen) atoms. The van der Waals surface area contributed by atoms with Crippen LogP contribution in [0, 0.1) is 0 Å². The number of hydrogen-bond acceptors (Lipinski definition) is 3. The van der Waals surface area contributed by atoms with Gasteiger partial charge in [-0.25, -0.2) is 0 Å². The fourth-order valence-electron chi connectivity index (χ4n) is 1.37. The monoisotopic (exact) mass is 247 g/mol. The molecule has 2 aromatic rings. The molecule has 0 amide bonds. The SMILES string of the molecule is CSC(Sc1ccccc1)c1ccccn1. The number of nitrogens with zero attached hydrogens (tertiary/aromatic N) is 1. The summed E-state index contributed by atoms with van der Waals surface area (Å²) in [5.74, 6) is 0. The van der Waals surface area contributed by atoms with E-state index >= 15 is 0 Å². The zero-order valence-corrected chi connectivity index (χ0v) is 10.7. The van der Waals surface area contributed by atoms with Crippen LogP contribution in [-0.2, 0) is 0 Å². The molecule has 0 aliphatic rings. The summed E-state index contributed by atoms with van der Waals surface area (Å²) in [6, 6.07) is 16.5. The van der Waals surface area contributed by atoms with Crippen molar-refractivity contribution in [2.24, 2.45) is 0 Å². The number of rotatable bonds is 4. The molecule has 0 saturated carbocycles. The van der Waals surface area contributed by atoms with Crippen LogP contribution in [0.15, 0.2) is 59.6 Å². The highest BCUT2D eigenvalue weighted by Crippen LogP contribution is 2.41. The molecule has 2 rings (SSSR count). The number of thioether (sulfide) groups is 2. The molecule has 1 unspecified atom stereocenters. The molecule has 0 fully saturated rings. The van der Waals surface area contributed by atoms with Crippen LogP contribution in [0.1, 0.15) is 10.3 Å². The lowest BCUT2D eigenvalue weighted by atomic mass is 10.4. The lowest BCUT2D eigenvalue weighted by Crippen LogP contribution is -1.91. The zero-order valence-electron chi connectivity index (χ0n) is 9.04. The minimum Gasteiger partial charge on any atom is -0.259 e. The van der Waals surface area contributed by atoms with Gasteiger partial charge in [0.05, 0.1) is 10.3 Å². The first-order valence-electron chi connectivity index (χ1n) is 5.05. The van der Waals surface area contributed by atoms with Gasteiger partial charge in [0, 0.05) is 11.1 Å². The smallest absolute Gasteiger partial charge is 0.0966 e. The molecule has 82 valence electrons. The van der Waals surface area contributed by atoms with E-state index in [1.807, 2.05) is 47.9 Å². The van der Waals surface area contributed by atoms with Crippen molar-refractivity contribution in [1.29, 1.82) is 0 Å². The van der Waals surface area contributed by atoms with Crippen LogP contribution >= 0.6 is 23.5 Å². The van der Waals surface area contributed by atoms with Gasteiger partial charge in [0.25, 0.3) is 0 Å². The predicted octanol–water partition coefficient (Wildman–Crippen LogP) is 4.24. The van der Waals surface area contributed by atoms with E-state index in [1.54, 1.807) is 0 Å². The predicted molar refractivity (Wildman–Crippen MR) is 72.8 cm³/mol. The summed E-state index contributed by atoms with van der Waals surface area (Å²) in [5.41, 5.74) is 1.13. The molecule has 1 aromatic carbocycles. The van der Waals surface area contributed by atoms with Crippen molar-refractivity contribution in [2.45, 2.75) is 9.48 Å². The minimum atomic E-state index is 0.364. The molecule has 1 atom stereocenters. The Hall–Kier alpha value is -0.930. The molecular weight excluding hydrogens is 234 g/mol. The van der Waals surface area contributed by atoms with E-state index in [-0.39, 0.29) is 0 Å². The summed E-state index contributed by atoms with van der Waals surface area (Å²) >= 11 is 3.66. The third kappa shape index (κ3) is 3.03. The van der Waals surface area contributed by atoms with Crippen molar-refractivity contribution in [3.8, 4) is 0 Å². The fourth-order valence-corrected chi connectivity index (χ4v) is 3.29. The van der Waals surface area contributed by atoms with E-state index in [1.165, 1.54) is 4.90 Å². The van der Waals surface area contributed by atoms with Crippen molar-refractivity contribution in [2.75, 3.05) is 6.26 Å². The topological polar surface area (TPSA) is 12.9 Å². The van der Waals surface area contributed by atoms with Gasteiger partial charge in [0.2, 0.25) is 0 Å². The van der Waals surface area contributed by atoms with Gasteiger partial charge in [-0.15, -0.1) is 23.5 Å². The molecule has 0 bridgehead atoms. The van der Waals surface area contributed by atoms with E-state index in [4.69, 9.17) is 0 Å². The molecule has 1 nitrogen and oxygen atoms in total. The van der Waals surface area contributed by atoms with Crippen LogP contribution in [0.2, 0.25) is 0 Å². The molecule has 0 aliphatic heterocycles. The number of pyridine rings is 1. The van der Waals surface area contributed by atoms with Gasteiger partial charge in [-0.3, -0.25) is 4.98 Å². The Morgan fingerprint density at radius 2 is 1.75 bits per heavy atom. The first kappa shape index (κ1) is 11.6. The van der Waals surface area contributed by atoms with Crippen LogP contribution in [0.5, 0.6) is 0 Å². The first-order chi connectivity index (χ1) is 7.90. The molecular formula is C13H13NS2. The van der Waals surface area contributed by atoms with Crippen molar-refractivity contribution >= 4 is 23.5 Å². The van der Waals surface area contributed by atoms with Crippen molar-refractivity contribution < 1.29 is 0 Å². The highest BCUT2D eigenvalue weighted by atomic mass is 32.2. The first-order valence-corrected chi connectivity index (χ1v) is 7.22. The highest BCUT2D eigenvalue weighted by Gasteiger charge is 2.12. The number of benzene rings is 1. The third-order valence-corrected chi connectivity index (χ3v) is 4.67. The van der Waals surface area contributed by atoms with Crippen LogP contribution < -0.4 is 0 Å². The number of hydrogen-bond donors (Lipinski definition) is 0. The summed E-state index contributed by atoms with van der Waals surface area (Å²) in [7, 11) is 0. The van der Waals surface area contributed by atoms with Gasteiger partial charge in [-0.1, -0.05) is 24.3 Å². The normalized spacial score (nSPS) is 12.3. The third-order valence-electron chi connectivity index (χ3n) is 2.13. The molecule has 0 N–H and O–H groups in total. The van der Waals surface area contributed by atoms with Gasteiger partial charge in [-0.05, 0) is 30.5 Å². The van der Waals surface area contributed by atoms with E-state index < -0.39 is 0 Å². The summed E-state index contributed by atoms with van der Waals surface area (Å²) in [6.07, 6.45) is 3.97. The maximum absolute atomic E-state index is 4.40. The highest BCUT2D eigenvalue weighted by molar-refractivity contribution is 8.16. The van der Waals surface area contributed by atoms with E-state index in [2.05, 4.69) is 41.6 Å². The quantitative estimate of drug-likeness (QED) is 0.592. The summed E-state index contributed by atoms with van der Waals surface area (Å²) in [6.45, 7) is 0. The van der Waals surface area contributed by atoms with Crippen LogP contribution in [-0.4, -0.2) is 11.2 Å². The number of aromatic nitrogens is 1. The molecule has 1 heterocycles. The van der Waals surface area contributed by atoms with Gasteiger partial charge in [0.15, 0.2) is 0 Å². The summed E-state index contributed by atoms with van der Waals surface area (Å²) in [5, 5.41) is 0. The minimum absolute atomic E-state index is 0.364. The fraction of sp³-hybridized carbons (Fsp3) is 0.154. The lowest BCUT2D eigenvalue weighted by Gasteiger charge is -2.12. The van der Waals surface area contributed by atoms with Crippen molar-refractivity contribution in [3.63, 3.8) is 0 Å².